The normalized spacial score (nSPS) is 29.2. The summed E-state index contributed by atoms with van der Waals surface area (Å²) < 4.78 is 5.25. The standard InChI is InChI=1S/C23H29NO2/c1-26-22-9-7-21(8-10-22)23(25)13-11-20-17-24(14-12-19(20)15-23)16-18-5-3-2-4-6-18/h2-10,19-20,25H,11-17H2,1H3/t19-,20+,23?/m0/s1. The lowest BCUT2D eigenvalue weighted by Gasteiger charge is -2.47. The molecule has 2 aromatic carbocycles. The molecule has 3 atom stereocenters. The monoisotopic (exact) mass is 351 g/mol. The van der Waals surface area contributed by atoms with Gasteiger partial charge in [0.25, 0.3) is 0 Å². The number of likely N-dealkylation sites (tertiary alicyclic amines) is 1. The molecule has 1 saturated heterocycles. The lowest BCUT2D eigenvalue weighted by Crippen LogP contribution is -2.46. The van der Waals surface area contributed by atoms with Crippen molar-refractivity contribution in [1.82, 2.24) is 4.90 Å². The fourth-order valence-corrected chi connectivity index (χ4v) is 4.86. The van der Waals surface area contributed by atoms with E-state index in [-0.39, 0.29) is 0 Å². The van der Waals surface area contributed by atoms with E-state index < -0.39 is 5.60 Å². The molecular weight excluding hydrogens is 322 g/mol. The van der Waals surface area contributed by atoms with E-state index in [1.807, 2.05) is 24.3 Å². The van der Waals surface area contributed by atoms with Crippen LogP contribution in [0.3, 0.4) is 0 Å². The molecule has 0 spiro atoms. The van der Waals surface area contributed by atoms with E-state index >= 15 is 0 Å². The van der Waals surface area contributed by atoms with Crippen molar-refractivity contribution in [3.05, 3.63) is 65.7 Å². The molecule has 2 fully saturated rings. The summed E-state index contributed by atoms with van der Waals surface area (Å²) in [4.78, 5) is 2.59. The molecule has 26 heavy (non-hydrogen) atoms. The summed E-state index contributed by atoms with van der Waals surface area (Å²) in [5, 5.41) is 11.3. The maximum atomic E-state index is 11.3. The lowest BCUT2D eigenvalue weighted by atomic mass is 9.66. The smallest absolute Gasteiger partial charge is 0.118 e. The number of rotatable bonds is 4. The Bertz CT molecular complexity index is 715. The Morgan fingerprint density at radius 2 is 1.81 bits per heavy atom. The third-order valence-electron chi connectivity index (χ3n) is 6.38. The number of ether oxygens (including phenoxy) is 1. The summed E-state index contributed by atoms with van der Waals surface area (Å²) >= 11 is 0. The molecule has 1 N–H and O–H groups in total. The quantitative estimate of drug-likeness (QED) is 0.896. The Kier molecular flexibility index (Phi) is 5.01. The van der Waals surface area contributed by atoms with Gasteiger partial charge in [-0.1, -0.05) is 42.5 Å². The van der Waals surface area contributed by atoms with Crippen LogP contribution in [0.5, 0.6) is 5.75 Å². The van der Waals surface area contributed by atoms with Gasteiger partial charge in [0.15, 0.2) is 0 Å². The van der Waals surface area contributed by atoms with Gasteiger partial charge < -0.3 is 9.84 Å². The molecule has 0 radical (unpaired) electrons. The van der Waals surface area contributed by atoms with Crippen molar-refractivity contribution in [3.63, 3.8) is 0 Å². The van der Waals surface area contributed by atoms with Crippen LogP contribution in [0.1, 0.15) is 36.8 Å². The number of benzene rings is 2. The van der Waals surface area contributed by atoms with Gasteiger partial charge in [-0.15, -0.1) is 0 Å². The zero-order valence-corrected chi connectivity index (χ0v) is 15.6. The Hall–Kier alpha value is -1.84. The summed E-state index contributed by atoms with van der Waals surface area (Å²) in [5.74, 6) is 2.19. The molecule has 4 rings (SSSR count). The summed E-state index contributed by atoms with van der Waals surface area (Å²) in [6.45, 7) is 3.35. The molecule has 0 aromatic heterocycles. The first kappa shape index (κ1) is 17.6. The lowest BCUT2D eigenvalue weighted by molar-refractivity contribution is -0.0616. The molecule has 1 aliphatic carbocycles. The van der Waals surface area contributed by atoms with E-state index in [0.717, 1.165) is 50.2 Å². The zero-order valence-electron chi connectivity index (χ0n) is 15.6. The number of aliphatic hydroxyl groups is 1. The highest BCUT2D eigenvalue weighted by atomic mass is 16.5. The fraction of sp³-hybridized carbons (Fsp3) is 0.478. The number of fused-ring (bicyclic) bond motifs is 1. The SMILES string of the molecule is COc1ccc(C2(O)CC[C@@H]3CN(Cc4ccccc4)CC[C@H]3C2)cc1. The first-order chi connectivity index (χ1) is 12.7. The van der Waals surface area contributed by atoms with E-state index in [1.165, 1.54) is 12.0 Å². The largest absolute Gasteiger partial charge is 0.497 e. The third kappa shape index (κ3) is 3.65. The first-order valence-electron chi connectivity index (χ1n) is 9.79. The number of nitrogens with zero attached hydrogens (tertiary/aromatic N) is 1. The third-order valence-corrected chi connectivity index (χ3v) is 6.38. The molecule has 2 aliphatic rings. The van der Waals surface area contributed by atoms with Crippen molar-refractivity contribution >= 4 is 0 Å². The molecule has 0 amide bonds. The van der Waals surface area contributed by atoms with Crippen LogP contribution in [0.25, 0.3) is 0 Å². The van der Waals surface area contributed by atoms with Gasteiger partial charge in [-0.3, -0.25) is 4.90 Å². The van der Waals surface area contributed by atoms with Gasteiger partial charge in [0.2, 0.25) is 0 Å². The van der Waals surface area contributed by atoms with Gasteiger partial charge >= 0.3 is 0 Å². The molecular formula is C23H29NO2. The van der Waals surface area contributed by atoms with Gasteiger partial charge in [0.1, 0.15) is 5.75 Å². The van der Waals surface area contributed by atoms with Crippen molar-refractivity contribution in [2.75, 3.05) is 20.2 Å². The van der Waals surface area contributed by atoms with Crippen LogP contribution in [-0.4, -0.2) is 30.2 Å². The molecule has 1 saturated carbocycles. The van der Waals surface area contributed by atoms with Gasteiger partial charge in [-0.05, 0) is 67.3 Å². The molecule has 0 bridgehead atoms. The van der Waals surface area contributed by atoms with Gasteiger partial charge in [0.05, 0.1) is 12.7 Å². The average Bonchev–Trinajstić information content (AvgIpc) is 2.69. The summed E-state index contributed by atoms with van der Waals surface area (Å²) in [6.07, 6.45) is 4.05. The van der Waals surface area contributed by atoms with Crippen LogP contribution in [0.4, 0.5) is 0 Å². The molecule has 3 heteroatoms. The molecule has 1 aliphatic heterocycles. The highest BCUT2D eigenvalue weighted by molar-refractivity contribution is 5.31. The van der Waals surface area contributed by atoms with Crippen LogP contribution in [0.2, 0.25) is 0 Å². The van der Waals surface area contributed by atoms with E-state index in [2.05, 4.69) is 35.2 Å². The van der Waals surface area contributed by atoms with Gasteiger partial charge in [-0.25, -0.2) is 0 Å². The minimum absolute atomic E-state index is 0.628. The first-order valence-corrected chi connectivity index (χ1v) is 9.79. The number of methoxy groups -OCH3 is 1. The molecule has 138 valence electrons. The van der Waals surface area contributed by atoms with Crippen LogP contribution in [0.15, 0.2) is 54.6 Å². The highest BCUT2D eigenvalue weighted by Crippen LogP contribution is 2.46. The van der Waals surface area contributed by atoms with E-state index in [1.54, 1.807) is 7.11 Å². The Morgan fingerprint density at radius 1 is 1.04 bits per heavy atom. The molecule has 1 unspecified atom stereocenters. The van der Waals surface area contributed by atoms with Crippen LogP contribution in [-0.2, 0) is 12.1 Å². The van der Waals surface area contributed by atoms with E-state index in [0.29, 0.717) is 11.8 Å². The van der Waals surface area contributed by atoms with Crippen molar-refractivity contribution in [3.8, 4) is 5.75 Å². The summed E-state index contributed by atoms with van der Waals surface area (Å²) in [7, 11) is 1.68. The molecule has 2 aromatic rings. The predicted octanol–water partition coefficient (Wildman–Crippen LogP) is 4.21. The predicted molar refractivity (Wildman–Crippen MR) is 104 cm³/mol. The number of hydrogen-bond donors (Lipinski definition) is 1. The van der Waals surface area contributed by atoms with Crippen molar-refractivity contribution in [2.24, 2.45) is 11.8 Å². The second-order valence-corrected chi connectivity index (χ2v) is 8.03. The van der Waals surface area contributed by atoms with Crippen molar-refractivity contribution in [2.45, 2.75) is 37.8 Å². The summed E-state index contributed by atoms with van der Waals surface area (Å²) in [5.41, 5.74) is 1.77. The number of piperidine rings is 1. The van der Waals surface area contributed by atoms with Gasteiger partial charge in [-0.2, -0.15) is 0 Å². The molecule has 3 nitrogen and oxygen atoms in total. The second-order valence-electron chi connectivity index (χ2n) is 8.03. The van der Waals surface area contributed by atoms with Crippen LogP contribution < -0.4 is 4.74 Å². The zero-order chi connectivity index (χ0) is 18.0. The van der Waals surface area contributed by atoms with Gasteiger partial charge in [0, 0.05) is 13.1 Å². The number of hydrogen-bond acceptors (Lipinski definition) is 3. The highest BCUT2D eigenvalue weighted by Gasteiger charge is 2.42. The van der Waals surface area contributed by atoms with Crippen molar-refractivity contribution < 1.29 is 9.84 Å². The fourth-order valence-electron chi connectivity index (χ4n) is 4.86. The minimum atomic E-state index is -0.672. The maximum Gasteiger partial charge on any atom is 0.118 e. The van der Waals surface area contributed by atoms with Crippen LogP contribution >= 0.6 is 0 Å². The Balaban J connectivity index is 1.39. The topological polar surface area (TPSA) is 32.7 Å². The van der Waals surface area contributed by atoms with E-state index in [4.69, 9.17) is 4.74 Å². The summed E-state index contributed by atoms with van der Waals surface area (Å²) in [6, 6.07) is 18.7. The van der Waals surface area contributed by atoms with Crippen molar-refractivity contribution in [1.29, 1.82) is 0 Å². The van der Waals surface area contributed by atoms with Crippen LogP contribution in [0, 0.1) is 11.8 Å². The average molecular weight is 351 g/mol. The Labute approximate surface area is 156 Å². The Morgan fingerprint density at radius 3 is 2.54 bits per heavy atom. The minimum Gasteiger partial charge on any atom is -0.497 e. The second kappa shape index (κ2) is 7.42. The molecule has 1 heterocycles. The van der Waals surface area contributed by atoms with E-state index in [9.17, 15) is 5.11 Å². The maximum absolute atomic E-state index is 11.3.